The molecule has 0 fully saturated rings. The summed E-state index contributed by atoms with van der Waals surface area (Å²) < 4.78 is 43.7. The average molecular weight is 867 g/mol. The Morgan fingerprint density at radius 2 is 1.34 bits per heavy atom. The van der Waals surface area contributed by atoms with Gasteiger partial charge in [-0.05, 0) is 86.8 Å². The summed E-state index contributed by atoms with van der Waals surface area (Å²) in [4.78, 5) is 72.6. The number of allylic oxidation sites excluding steroid dienone is 2. The Kier molecular flexibility index (Phi) is 21.0. The third-order valence-electron chi connectivity index (χ3n) is 10.8. The fourth-order valence-corrected chi connectivity index (χ4v) is 7.43. The number of aryl methyl sites for hydroxylation is 2. The molecule has 0 spiro atoms. The summed E-state index contributed by atoms with van der Waals surface area (Å²) in [5, 5.41) is 0. The number of hydrogen-bond donors (Lipinski definition) is 0. The zero-order chi connectivity index (χ0) is 45.9. The van der Waals surface area contributed by atoms with E-state index in [4.69, 9.17) is 37.9 Å². The van der Waals surface area contributed by atoms with Gasteiger partial charge in [0.15, 0.2) is 6.10 Å². The molecule has 14 heteroatoms. The van der Waals surface area contributed by atoms with Crippen LogP contribution in [0.5, 0.6) is 17.2 Å². The van der Waals surface area contributed by atoms with Gasteiger partial charge in [0.05, 0.1) is 14.2 Å². The molecule has 1 heterocycles. The van der Waals surface area contributed by atoms with Crippen LogP contribution in [0.4, 0.5) is 0 Å². The molecule has 2 aromatic carbocycles. The van der Waals surface area contributed by atoms with E-state index in [1.165, 1.54) is 21.0 Å². The number of fused-ring (bicyclic) bond motifs is 1. The summed E-state index contributed by atoms with van der Waals surface area (Å²) in [5.74, 6) is -0.745. The fourth-order valence-electron chi connectivity index (χ4n) is 7.43. The topological polar surface area (TPSA) is 176 Å². The Morgan fingerprint density at radius 1 is 0.758 bits per heavy atom. The van der Waals surface area contributed by atoms with Crippen molar-refractivity contribution >= 4 is 35.8 Å². The number of benzene rings is 2. The average Bonchev–Trinajstić information content (AvgIpc) is 3.60. The van der Waals surface area contributed by atoms with Crippen LogP contribution in [0.15, 0.2) is 23.8 Å². The molecule has 0 radical (unpaired) electrons. The number of methoxy groups -OCH3 is 2. The summed E-state index contributed by atoms with van der Waals surface area (Å²) in [5.41, 5.74) is 6.03. The Labute approximate surface area is 366 Å². The second-order valence-corrected chi connectivity index (χ2v) is 16.4. The van der Waals surface area contributed by atoms with Crippen molar-refractivity contribution in [2.75, 3.05) is 27.4 Å². The molecule has 0 saturated carbocycles. The molecular weight excluding hydrogens is 801 g/mol. The Bertz CT molecular complexity index is 1890. The molecule has 1 aliphatic heterocycles. The number of esters is 6. The number of cyclic esters (lactones) is 1. The van der Waals surface area contributed by atoms with Crippen molar-refractivity contribution in [3.8, 4) is 17.2 Å². The number of unbranched alkanes of at least 4 members (excludes halogenated alkanes) is 3. The van der Waals surface area contributed by atoms with Crippen molar-refractivity contribution in [3.63, 3.8) is 0 Å². The maximum Gasteiger partial charge on any atom is 0.342 e. The van der Waals surface area contributed by atoms with Gasteiger partial charge in [-0.1, -0.05) is 64.0 Å². The van der Waals surface area contributed by atoms with Crippen LogP contribution >= 0.6 is 0 Å². The van der Waals surface area contributed by atoms with Gasteiger partial charge < -0.3 is 37.9 Å². The molecule has 0 N–H and O–H groups in total. The quantitative estimate of drug-likeness (QED) is 0.0289. The van der Waals surface area contributed by atoms with E-state index < -0.39 is 30.0 Å². The van der Waals surface area contributed by atoms with Crippen LogP contribution in [0.25, 0.3) is 0 Å². The van der Waals surface area contributed by atoms with Crippen LogP contribution in [0.2, 0.25) is 0 Å². The van der Waals surface area contributed by atoms with Crippen LogP contribution in [0.3, 0.4) is 0 Å². The SMILES string of the molecule is COC(=O)CC/C(C)=C/Cc1c(OC)c(C)c2c(c1OCc1cc(C)c(OC(=O)CC(C)CCCCCCC(C)CC(=O)OC(COC(C)=O)COC(C)=O)c(C)c1)C(=O)OC2. The van der Waals surface area contributed by atoms with Crippen molar-refractivity contribution < 1.29 is 66.7 Å². The van der Waals surface area contributed by atoms with Crippen molar-refractivity contribution in [3.05, 3.63) is 62.7 Å². The van der Waals surface area contributed by atoms with E-state index in [9.17, 15) is 28.8 Å². The molecule has 1 aliphatic rings. The van der Waals surface area contributed by atoms with Gasteiger partial charge in [-0.25, -0.2) is 4.79 Å². The fraction of sp³-hybridized carbons (Fsp3) is 0.583. The molecule has 2 unspecified atom stereocenters. The third kappa shape index (κ3) is 16.5. The van der Waals surface area contributed by atoms with Gasteiger partial charge in [-0.3, -0.25) is 24.0 Å². The lowest BCUT2D eigenvalue weighted by atomic mass is 9.94. The van der Waals surface area contributed by atoms with E-state index in [-0.39, 0.29) is 69.5 Å². The second kappa shape index (κ2) is 25.5. The Hall–Kier alpha value is -5.40. The zero-order valence-corrected chi connectivity index (χ0v) is 38.3. The minimum atomic E-state index is -0.852. The highest BCUT2D eigenvalue weighted by Crippen LogP contribution is 2.43. The first-order valence-corrected chi connectivity index (χ1v) is 21.4. The first-order chi connectivity index (χ1) is 29.4. The number of hydrogen-bond acceptors (Lipinski definition) is 14. The van der Waals surface area contributed by atoms with Gasteiger partial charge in [0.1, 0.15) is 49.2 Å². The van der Waals surface area contributed by atoms with Crippen LogP contribution in [0, 0.1) is 32.6 Å². The third-order valence-corrected chi connectivity index (χ3v) is 10.8. The first kappa shape index (κ1) is 51.0. The maximum atomic E-state index is 13.1. The summed E-state index contributed by atoms with van der Waals surface area (Å²) in [6.45, 7) is 14.1. The molecule has 2 atom stereocenters. The molecule has 0 bridgehead atoms. The molecule has 0 saturated heterocycles. The summed E-state index contributed by atoms with van der Waals surface area (Å²) in [6.07, 6.45) is 8.46. The number of ether oxygens (including phenoxy) is 8. The van der Waals surface area contributed by atoms with Crippen LogP contribution in [-0.2, 0) is 67.3 Å². The minimum absolute atomic E-state index is 0.0913. The predicted molar refractivity (Wildman–Crippen MR) is 230 cm³/mol. The van der Waals surface area contributed by atoms with Crippen molar-refractivity contribution in [1.29, 1.82) is 0 Å². The van der Waals surface area contributed by atoms with E-state index in [2.05, 4.69) is 0 Å². The van der Waals surface area contributed by atoms with E-state index in [1.54, 1.807) is 7.11 Å². The summed E-state index contributed by atoms with van der Waals surface area (Å²) >= 11 is 0. The first-order valence-electron chi connectivity index (χ1n) is 21.4. The highest BCUT2D eigenvalue weighted by atomic mass is 16.6. The molecule has 0 aliphatic carbocycles. The highest BCUT2D eigenvalue weighted by Gasteiger charge is 2.33. The second-order valence-electron chi connectivity index (χ2n) is 16.4. The molecule has 62 heavy (non-hydrogen) atoms. The summed E-state index contributed by atoms with van der Waals surface area (Å²) in [7, 11) is 2.95. The molecular formula is C48H66O14. The van der Waals surface area contributed by atoms with Gasteiger partial charge >= 0.3 is 35.8 Å². The molecule has 342 valence electrons. The van der Waals surface area contributed by atoms with E-state index in [1.807, 2.05) is 59.8 Å². The van der Waals surface area contributed by atoms with Crippen molar-refractivity contribution in [1.82, 2.24) is 0 Å². The van der Waals surface area contributed by atoms with E-state index in [0.29, 0.717) is 41.2 Å². The van der Waals surface area contributed by atoms with Crippen molar-refractivity contribution in [2.24, 2.45) is 11.8 Å². The van der Waals surface area contributed by atoms with Crippen LogP contribution < -0.4 is 14.2 Å². The largest absolute Gasteiger partial charge is 0.496 e. The molecule has 3 rings (SSSR count). The molecule has 2 aromatic rings. The van der Waals surface area contributed by atoms with Gasteiger partial charge in [-0.15, -0.1) is 0 Å². The normalized spacial score (nSPS) is 13.1. The van der Waals surface area contributed by atoms with E-state index >= 15 is 0 Å². The van der Waals surface area contributed by atoms with Gasteiger partial charge in [0.2, 0.25) is 0 Å². The monoisotopic (exact) mass is 866 g/mol. The lowest BCUT2D eigenvalue weighted by Gasteiger charge is -2.20. The number of carbonyl (C=O) groups is 6. The lowest BCUT2D eigenvalue weighted by Crippen LogP contribution is -2.30. The van der Waals surface area contributed by atoms with Crippen LogP contribution in [-0.4, -0.2) is 69.4 Å². The van der Waals surface area contributed by atoms with E-state index in [0.717, 1.165) is 71.9 Å². The van der Waals surface area contributed by atoms with Crippen LogP contribution in [0.1, 0.15) is 143 Å². The smallest absolute Gasteiger partial charge is 0.342 e. The van der Waals surface area contributed by atoms with Gasteiger partial charge in [0.25, 0.3) is 0 Å². The zero-order valence-electron chi connectivity index (χ0n) is 38.3. The molecule has 14 nitrogen and oxygen atoms in total. The maximum absolute atomic E-state index is 13.1. The van der Waals surface area contributed by atoms with Gasteiger partial charge in [0, 0.05) is 44.2 Å². The lowest BCUT2D eigenvalue weighted by molar-refractivity contribution is -0.166. The highest BCUT2D eigenvalue weighted by molar-refractivity contribution is 5.98. The Morgan fingerprint density at radius 3 is 1.89 bits per heavy atom. The molecule has 0 amide bonds. The van der Waals surface area contributed by atoms with Crippen molar-refractivity contribution in [2.45, 2.75) is 145 Å². The number of rotatable bonds is 26. The Balaban J connectivity index is 1.50. The predicted octanol–water partition coefficient (Wildman–Crippen LogP) is 8.65. The number of carbonyl (C=O) groups excluding carboxylic acids is 6. The standard InChI is InChI=1S/C48H66O14/c1-29(18-20-41(51)55-9)17-19-39-46(56-10)34(6)40-28-60-48(54)44(40)47(39)59-25-37-23-32(4)45(33(5)24-37)62-43(53)22-31(3)16-14-12-11-13-15-30(2)21-42(52)61-38(26-57-35(7)49)27-58-36(8)50/h17,23-24,30-31,38H,11-16,18-22,25-28H2,1-10H3/b29-17+. The minimum Gasteiger partial charge on any atom is -0.496 e. The molecule has 0 aromatic heterocycles. The van der Waals surface area contributed by atoms with Gasteiger partial charge in [-0.2, -0.15) is 0 Å². The summed E-state index contributed by atoms with van der Waals surface area (Å²) in [6, 6.07) is 3.83.